The van der Waals surface area contributed by atoms with Crippen LogP contribution in [0.25, 0.3) is 0 Å². The van der Waals surface area contributed by atoms with Crippen molar-refractivity contribution in [2.24, 2.45) is 0 Å². The standard InChI is InChI=1S/C9H20BO2/c1-8(2,3)10-12-9(4,5)6-7-11/h11H,6-7H2,1-5H3. The van der Waals surface area contributed by atoms with Gasteiger partial charge in [-0.05, 0) is 25.6 Å². The Morgan fingerprint density at radius 2 is 1.67 bits per heavy atom. The van der Waals surface area contributed by atoms with Crippen LogP contribution in [0, 0.1) is 0 Å². The van der Waals surface area contributed by atoms with Gasteiger partial charge in [0.25, 0.3) is 7.48 Å². The summed E-state index contributed by atoms with van der Waals surface area (Å²) in [7, 11) is 1.84. The smallest absolute Gasteiger partial charge is 0.299 e. The van der Waals surface area contributed by atoms with Gasteiger partial charge in [0, 0.05) is 12.2 Å². The van der Waals surface area contributed by atoms with Gasteiger partial charge in [0.2, 0.25) is 0 Å². The molecule has 0 spiro atoms. The Bertz CT molecular complexity index is 127. The van der Waals surface area contributed by atoms with Crippen LogP contribution in [-0.4, -0.2) is 24.8 Å². The fourth-order valence-corrected chi connectivity index (χ4v) is 0.664. The Kier molecular flexibility index (Phi) is 4.28. The zero-order valence-corrected chi connectivity index (χ0v) is 8.85. The van der Waals surface area contributed by atoms with Crippen LogP contribution in [0.15, 0.2) is 0 Å². The summed E-state index contributed by atoms with van der Waals surface area (Å²) in [4.78, 5) is 0. The van der Waals surface area contributed by atoms with E-state index in [1.54, 1.807) is 0 Å². The molecule has 1 radical (unpaired) electrons. The fraction of sp³-hybridized carbons (Fsp3) is 1.00. The molecule has 0 rings (SSSR count). The molecule has 0 heterocycles. The van der Waals surface area contributed by atoms with Crippen molar-refractivity contribution in [2.45, 2.75) is 52.0 Å². The van der Waals surface area contributed by atoms with Gasteiger partial charge in [0.15, 0.2) is 0 Å². The van der Waals surface area contributed by atoms with E-state index >= 15 is 0 Å². The van der Waals surface area contributed by atoms with E-state index in [0.29, 0.717) is 6.42 Å². The lowest BCUT2D eigenvalue weighted by atomic mass is 9.67. The first kappa shape index (κ1) is 12.0. The van der Waals surface area contributed by atoms with Crippen molar-refractivity contribution in [1.29, 1.82) is 0 Å². The molecule has 0 fully saturated rings. The van der Waals surface area contributed by atoms with E-state index in [4.69, 9.17) is 9.76 Å². The van der Waals surface area contributed by atoms with Crippen LogP contribution in [0.3, 0.4) is 0 Å². The predicted molar refractivity (Wildman–Crippen MR) is 52.3 cm³/mol. The molecule has 0 aromatic heterocycles. The lowest BCUT2D eigenvalue weighted by Gasteiger charge is -2.28. The van der Waals surface area contributed by atoms with Crippen molar-refractivity contribution in [3.05, 3.63) is 0 Å². The third kappa shape index (κ3) is 6.68. The van der Waals surface area contributed by atoms with E-state index in [2.05, 4.69) is 20.8 Å². The van der Waals surface area contributed by atoms with Crippen LogP contribution in [-0.2, 0) is 4.65 Å². The van der Waals surface area contributed by atoms with E-state index < -0.39 is 0 Å². The lowest BCUT2D eigenvalue weighted by molar-refractivity contribution is 0.0766. The molecule has 0 unspecified atom stereocenters. The normalized spacial score (nSPS) is 13.2. The predicted octanol–water partition coefficient (Wildman–Crippen LogP) is 2.00. The van der Waals surface area contributed by atoms with E-state index in [0.717, 1.165) is 0 Å². The van der Waals surface area contributed by atoms with Crippen molar-refractivity contribution in [1.82, 2.24) is 0 Å². The van der Waals surface area contributed by atoms with Gasteiger partial charge in [-0.3, -0.25) is 0 Å². The Balaban J connectivity index is 3.75. The number of aliphatic hydroxyl groups is 1. The lowest BCUT2D eigenvalue weighted by Crippen LogP contribution is -2.30. The summed E-state index contributed by atoms with van der Waals surface area (Å²) >= 11 is 0. The molecular weight excluding hydrogens is 151 g/mol. The van der Waals surface area contributed by atoms with Crippen LogP contribution in [0.1, 0.15) is 41.0 Å². The second-order valence-corrected chi connectivity index (χ2v) is 4.84. The molecular formula is C9H20BO2. The fourth-order valence-electron chi connectivity index (χ4n) is 0.664. The molecule has 1 N–H and O–H groups in total. The maximum Gasteiger partial charge on any atom is 0.299 e. The molecule has 0 saturated heterocycles. The molecule has 12 heavy (non-hydrogen) atoms. The summed E-state index contributed by atoms with van der Waals surface area (Å²) in [6.45, 7) is 10.4. The minimum Gasteiger partial charge on any atom is -0.435 e. The maximum absolute atomic E-state index is 8.74. The van der Waals surface area contributed by atoms with Crippen molar-refractivity contribution in [2.75, 3.05) is 6.61 Å². The maximum atomic E-state index is 8.74. The number of hydrogen-bond donors (Lipinski definition) is 1. The van der Waals surface area contributed by atoms with Gasteiger partial charge < -0.3 is 9.76 Å². The topological polar surface area (TPSA) is 29.5 Å². The van der Waals surface area contributed by atoms with Gasteiger partial charge in [0.1, 0.15) is 0 Å². The van der Waals surface area contributed by atoms with Crippen LogP contribution in [0.4, 0.5) is 0 Å². The van der Waals surface area contributed by atoms with Gasteiger partial charge in [-0.1, -0.05) is 20.8 Å². The Morgan fingerprint density at radius 3 is 2.00 bits per heavy atom. The molecule has 3 heteroatoms. The highest BCUT2D eigenvalue weighted by Gasteiger charge is 2.22. The van der Waals surface area contributed by atoms with Gasteiger partial charge >= 0.3 is 0 Å². The average molecular weight is 171 g/mol. The monoisotopic (exact) mass is 171 g/mol. The molecule has 71 valence electrons. The second-order valence-electron chi connectivity index (χ2n) is 4.84. The molecule has 0 atom stereocenters. The molecule has 0 amide bonds. The SMILES string of the molecule is CC(C)(C)[B]OC(C)(C)CCO. The molecule has 0 aliphatic heterocycles. The highest BCUT2D eigenvalue weighted by atomic mass is 16.5. The summed E-state index contributed by atoms with van der Waals surface area (Å²) in [6, 6.07) is 0. The minimum absolute atomic E-state index is 0.0761. The summed E-state index contributed by atoms with van der Waals surface area (Å²) in [6.07, 6.45) is 0.666. The summed E-state index contributed by atoms with van der Waals surface area (Å²) in [5, 5.41) is 8.81. The number of hydrogen-bond acceptors (Lipinski definition) is 2. The van der Waals surface area contributed by atoms with Crippen molar-refractivity contribution in [3.63, 3.8) is 0 Å². The molecule has 0 aliphatic rings. The Labute approximate surface area is 76.6 Å². The largest absolute Gasteiger partial charge is 0.435 e. The molecule has 0 saturated carbocycles. The molecule has 0 aliphatic carbocycles. The number of rotatable bonds is 4. The Hall–Kier alpha value is -0.0151. The van der Waals surface area contributed by atoms with E-state index in [1.165, 1.54) is 0 Å². The summed E-state index contributed by atoms with van der Waals surface area (Å²) < 4.78 is 5.55. The zero-order valence-electron chi connectivity index (χ0n) is 8.85. The quantitative estimate of drug-likeness (QED) is 0.655. The third-order valence-corrected chi connectivity index (χ3v) is 1.45. The highest BCUT2D eigenvalue weighted by Crippen LogP contribution is 2.24. The summed E-state index contributed by atoms with van der Waals surface area (Å²) in [5.41, 5.74) is -0.248. The number of aliphatic hydroxyl groups excluding tert-OH is 1. The summed E-state index contributed by atoms with van der Waals surface area (Å²) in [5.74, 6) is 0. The molecule has 0 bridgehead atoms. The van der Waals surface area contributed by atoms with Gasteiger partial charge in [-0.15, -0.1) is 0 Å². The molecule has 0 aromatic carbocycles. The third-order valence-electron chi connectivity index (χ3n) is 1.45. The van der Waals surface area contributed by atoms with Crippen LogP contribution < -0.4 is 0 Å². The van der Waals surface area contributed by atoms with E-state index in [9.17, 15) is 0 Å². The molecule has 2 nitrogen and oxygen atoms in total. The van der Waals surface area contributed by atoms with E-state index in [-0.39, 0.29) is 17.5 Å². The van der Waals surface area contributed by atoms with Crippen molar-refractivity contribution in [3.8, 4) is 0 Å². The Morgan fingerprint density at radius 1 is 1.17 bits per heavy atom. The van der Waals surface area contributed by atoms with Crippen LogP contribution >= 0.6 is 0 Å². The molecule has 0 aromatic rings. The van der Waals surface area contributed by atoms with Crippen LogP contribution in [0.5, 0.6) is 0 Å². The first-order chi connectivity index (χ1) is 5.27. The van der Waals surface area contributed by atoms with Crippen LogP contribution in [0.2, 0.25) is 5.31 Å². The van der Waals surface area contributed by atoms with Gasteiger partial charge in [-0.2, -0.15) is 0 Å². The first-order valence-electron chi connectivity index (χ1n) is 4.40. The second kappa shape index (κ2) is 4.29. The average Bonchev–Trinajstić information content (AvgIpc) is 1.83. The highest BCUT2D eigenvalue weighted by molar-refractivity contribution is 6.31. The van der Waals surface area contributed by atoms with E-state index in [1.807, 2.05) is 21.3 Å². The minimum atomic E-state index is -0.248. The van der Waals surface area contributed by atoms with Crippen molar-refractivity contribution < 1.29 is 9.76 Å². The van der Waals surface area contributed by atoms with Crippen molar-refractivity contribution >= 4 is 7.48 Å². The van der Waals surface area contributed by atoms with Gasteiger partial charge in [0.05, 0.1) is 0 Å². The first-order valence-corrected chi connectivity index (χ1v) is 4.40. The van der Waals surface area contributed by atoms with Gasteiger partial charge in [-0.25, -0.2) is 0 Å². The zero-order chi connectivity index (χ0) is 9.83.